The number of sulfonamides is 1. The number of likely N-dealkylation sites (N-methyl/N-ethyl adjacent to an activating group) is 1. The van der Waals surface area contributed by atoms with Crippen molar-refractivity contribution in [3.05, 3.63) is 12.0 Å². The second-order valence-corrected chi connectivity index (χ2v) is 5.45. The Bertz CT molecular complexity index is 501. The molecule has 0 amide bonds. The summed E-state index contributed by atoms with van der Waals surface area (Å²) in [6.45, 7) is 2.78. The molecule has 0 aliphatic carbocycles. The summed E-state index contributed by atoms with van der Waals surface area (Å²) in [4.78, 5) is 14.5. The van der Waals surface area contributed by atoms with Crippen molar-refractivity contribution in [2.75, 3.05) is 13.1 Å². The van der Waals surface area contributed by atoms with Crippen molar-refractivity contribution in [2.45, 2.75) is 18.9 Å². The fraction of sp³-hybridized carbons (Fsp3) is 0.556. The van der Waals surface area contributed by atoms with E-state index in [9.17, 15) is 13.2 Å². The van der Waals surface area contributed by atoms with E-state index in [2.05, 4.69) is 4.98 Å². The Hall–Kier alpha value is -1.41. The van der Waals surface area contributed by atoms with E-state index in [4.69, 9.17) is 5.11 Å². The molecular weight excluding hydrogens is 246 g/mol. The molecule has 0 aliphatic rings. The highest BCUT2D eigenvalue weighted by atomic mass is 32.2. The van der Waals surface area contributed by atoms with Gasteiger partial charge in [0.05, 0.1) is 0 Å². The van der Waals surface area contributed by atoms with E-state index >= 15 is 0 Å². The van der Waals surface area contributed by atoms with Crippen LogP contribution in [0.1, 0.15) is 12.7 Å². The maximum Gasteiger partial charge on any atom is 0.318 e. The molecular formula is C9H15N3O4S. The van der Waals surface area contributed by atoms with E-state index in [0.717, 1.165) is 4.31 Å². The molecule has 1 heterocycles. The minimum atomic E-state index is -3.83. The van der Waals surface area contributed by atoms with Crippen LogP contribution >= 0.6 is 0 Å². The normalized spacial score (nSPS) is 12.0. The second kappa shape index (κ2) is 4.84. The van der Waals surface area contributed by atoms with Crippen molar-refractivity contribution in [2.24, 2.45) is 7.05 Å². The lowest BCUT2D eigenvalue weighted by molar-refractivity contribution is -0.137. The zero-order chi connectivity index (χ0) is 13.2. The van der Waals surface area contributed by atoms with E-state index in [0.29, 0.717) is 5.82 Å². The molecule has 0 spiro atoms. The summed E-state index contributed by atoms with van der Waals surface area (Å²) in [6, 6.07) is 0. The van der Waals surface area contributed by atoms with Crippen LogP contribution in [-0.4, -0.2) is 46.4 Å². The highest BCUT2D eigenvalue weighted by Gasteiger charge is 2.27. The molecule has 1 aromatic heterocycles. The van der Waals surface area contributed by atoms with Crippen LogP contribution in [0.4, 0.5) is 0 Å². The van der Waals surface area contributed by atoms with E-state index < -0.39 is 22.5 Å². The summed E-state index contributed by atoms with van der Waals surface area (Å²) < 4.78 is 26.5. The molecule has 0 bridgehead atoms. The quantitative estimate of drug-likeness (QED) is 0.794. The van der Waals surface area contributed by atoms with Crippen molar-refractivity contribution in [3.63, 3.8) is 0 Å². The maximum absolute atomic E-state index is 12.1. The SMILES string of the molecule is CCN(CC(=O)O)S(=O)(=O)c1cn(C)c(C)n1. The number of aryl methyl sites for hydroxylation is 2. The number of carboxylic acid groups (broad SMARTS) is 1. The summed E-state index contributed by atoms with van der Waals surface area (Å²) in [5, 5.41) is 8.53. The van der Waals surface area contributed by atoms with Gasteiger partial charge in [-0.25, -0.2) is 13.4 Å². The van der Waals surface area contributed by atoms with Crippen LogP contribution in [0, 0.1) is 6.92 Å². The first-order valence-corrected chi connectivity index (χ1v) is 6.45. The number of aliphatic carboxylic acids is 1. The average Bonchev–Trinajstić information content (AvgIpc) is 2.56. The number of aromatic nitrogens is 2. The van der Waals surface area contributed by atoms with Crippen molar-refractivity contribution in [1.29, 1.82) is 0 Å². The lowest BCUT2D eigenvalue weighted by Crippen LogP contribution is -2.35. The largest absolute Gasteiger partial charge is 0.480 e. The number of hydrogen-bond acceptors (Lipinski definition) is 4. The first-order chi connectivity index (χ1) is 7.78. The van der Waals surface area contributed by atoms with Gasteiger partial charge >= 0.3 is 5.97 Å². The molecule has 8 heteroatoms. The van der Waals surface area contributed by atoms with Gasteiger partial charge in [0.1, 0.15) is 12.4 Å². The molecule has 0 aliphatic heterocycles. The van der Waals surface area contributed by atoms with Crippen molar-refractivity contribution in [1.82, 2.24) is 13.9 Å². The van der Waals surface area contributed by atoms with Gasteiger partial charge < -0.3 is 9.67 Å². The third-order valence-electron chi connectivity index (χ3n) is 2.36. The Labute approximate surface area is 99.7 Å². The van der Waals surface area contributed by atoms with E-state index in [1.54, 1.807) is 25.5 Å². The van der Waals surface area contributed by atoms with Crippen molar-refractivity contribution >= 4 is 16.0 Å². The standard InChI is InChI=1S/C9H15N3O4S/c1-4-12(6-9(13)14)17(15,16)8-5-11(3)7(2)10-8/h5H,4,6H2,1-3H3,(H,13,14). The summed E-state index contributed by atoms with van der Waals surface area (Å²) >= 11 is 0. The minimum absolute atomic E-state index is 0.0876. The smallest absolute Gasteiger partial charge is 0.318 e. The molecule has 0 radical (unpaired) electrons. The molecule has 0 atom stereocenters. The molecule has 0 saturated carbocycles. The highest BCUT2D eigenvalue weighted by Crippen LogP contribution is 2.14. The van der Waals surface area contributed by atoms with E-state index in [1.165, 1.54) is 6.20 Å². The maximum atomic E-state index is 12.1. The number of rotatable bonds is 5. The lowest BCUT2D eigenvalue weighted by atomic mass is 10.6. The molecule has 7 nitrogen and oxygen atoms in total. The molecule has 0 saturated heterocycles. The van der Waals surface area contributed by atoms with Gasteiger partial charge in [-0.1, -0.05) is 6.92 Å². The molecule has 0 fully saturated rings. The molecule has 0 aromatic carbocycles. The highest BCUT2D eigenvalue weighted by molar-refractivity contribution is 7.89. The van der Waals surface area contributed by atoms with Crippen LogP contribution < -0.4 is 0 Å². The average molecular weight is 261 g/mol. The Kier molecular flexibility index (Phi) is 3.89. The number of imidazole rings is 1. The predicted octanol–water partition coefficient (Wildman–Crippen LogP) is -0.176. The molecule has 1 rings (SSSR count). The van der Waals surface area contributed by atoms with Gasteiger partial charge in [0.2, 0.25) is 0 Å². The lowest BCUT2D eigenvalue weighted by Gasteiger charge is -2.16. The van der Waals surface area contributed by atoms with Gasteiger partial charge in [0, 0.05) is 19.8 Å². The number of nitrogens with zero attached hydrogens (tertiary/aromatic N) is 3. The van der Waals surface area contributed by atoms with Gasteiger partial charge in [-0.2, -0.15) is 4.31 Å². The molecule has 1 N–H and O–H groups in total. The van der Waals surface area contributed by atoms with Crippen LogP contribution in [0.2, 0.25) is 0 Å². The first kappa shape index (κ1) is 13.7. The first-order valence-electron chi connectivity index (χ1n) is 5.01. The Morgan fingerprint density at radius 1 is 1.59 bits per heavy atom. The molecule has 1 aromatic rings. The van der Waals surface area contributed by atoms with Crippen molar-refractivity contribution < 1.29 is 18.3 Å². The zero-order valence-corrected chi connectivity index (χ0v) is 10.7. The van der Waals surface area contributed by atoms with Crippen LogP contribution in [0.25, 0.3) is 0 Å². The van der Waals surface area contributed by atoms with Gasteiger partial charge in [-0.3, -0.25) is 4.79 Å². The topological polar surface area (TPSA) is 92.5 Å². The number of carboxylic acids is 1. The van der Waals surface area contributed by atoms with Crippen LogP contribution in [0.3, 0.4) is 0 Å². The van der Waals surface area contributed by atoms with Gasteiger partial charge in [-0.05, 0) is 6.92 Å². The second-order valence-electron chi connectivity index (χ2n) is 3.56. The van der Waals surface area contributed by atoms with Gasteiger partial charge in [0.15, 0.2) is 5.03 Å². The predicted molar refractivity (Wildman–Crippen MR) is 60.0 cm³/mol. The fourth-order valence-corrected chi connectivity index (χ4v) is 2.72. The van der Waals surface area contributed by atoms with E-state index in [1.807, 2.05) is 0 Å². The molecule has 17 heavy (non-hydrogen) atoms. The molecule has 0 unspecified atom stereocenters. The number of hydrogen-bond donors (Lipinski definition) is 1. The third-order valence-corrected chi connectivity index (χ3v) is 4.15. The Balaban J connectivity index is 3.12. The van der Waals surface area contributed by atoms with Gasteiger partial charge in [-0.15, -0.1) is 0 Å². The summed E-state index contributed by atoms with van der Waals surface area (Å²) in [5.41, 5.74) is 0. The fourth-order valence-electron chi connectivity index (χ4n) is 1.30. The minimum Gasteiger partial charge on any atom is -0.480 e. The van der Waals surface area contributed by atoms with Crippen LogP contribution in [-0.2, 0) is 21.9 Å². The summed E-state index contributed by atoms with van der Waals surface area (Å²) in [5.74, 6) is -0.641. The molecule has 96 valence electrons. The van der Waals surface area contributed by atoms with Crippen LogP contribution in [0.15, 0.2) is 11.2 Å². The monoisotopic (exact) mass is 261 g/mol. The summed E-state index contributed by atoms with van der Waals surface area (Å²) in [7, 11) is -2.15. The number of carbonyl (C=O) groups is 1. The van der Waals surface area contributed by atoms with Crippen molar-refractivity contribution in [3.8, 4) is 0 Å². The third kappa shape index (κ3) is 2.83. The van der Waals surface area contributed by atoms with Crippen LogP contribution in [0.5, 0.6) is 0 Å². The summed E-state index contributed by atoms with van der Waals surface area (Å²) in [6.07, 6.45) is 1.37. The van der Waals surface area contributed by atoms with Gasteiger partial charge in [0.25, 0.3) is 10.0 Å². The Morgan fingerprint density at radius 2 is 2.18 bits per heavy atom. The van der Waals surface area contributed by atoms with E-state index in [-0.39, 0.29) is 11.6 Å². The zero-order valence-electron chi connectivity index (χ0n) is 9.91. The Morgan fingerprint density at radius 3 is 2.53 bits per heavy atom.